The van der Waals surface area contributed by atoms with Gasteiger partial charge in [-0.15, -0.1) is 0 Å². The topological polar surface area (TPSA) is 24.5 Å². The fourth-order valence-corrected chi connectivity index (χ4v) is 2.12. The van der Waals surface area contributed by atoms with Crippen LogP contribution in [-0.4, -0.2) is 32.8 Å². The smallest absolute Gasteiger partial charge is 0.125 e. The van der Waals surface area contributed by atoms with Crippen molar-refractivity contribution in [2.45, 2.75) is 33.7 Å². The molecule has 0 saturated carbocycles. The number of rotatable bonds is 10. The molecular formula is C16H27FN2O. The summed E-state index contributed by atoms with van der Waals surface area (Å²) in [4.78, 5) is 2.14. The van der Waals surface area contributed by atoms with Crippen molar-refractivity contribution in [3.63, 3.8) is 0 Å². The highest BCUT2D eigenvalue weighted by Gasteiger charge is 2.07. The zero-order valence-electron chi connectivity index (χ0n) is 12.9. The van der Waals surface area contributed by atoms with E-state index in [1.807, 2.05) is 6.92 Å². The van der Waals surface area contributed by atoms with Crippen molar-refractivity contribution in [2.24, 2.45) is 0 Å². The fourth-order valence-electron chi connectivity index (χ4n) is 2.12. The fraction of sp³-hybridized carbons (Fsp3) is 0.625. The third-order valence-electron chi connectivity index (χ3n) is 3.15. The van der Waals surface area contributed by atoms with E-state index in [2.05, 4.69) is 30.1 Å². The summed E-state index contributed by atoms with van der Waals surface area (Å²) in [5.41, 5.74) is 1.92. The van der Waals surface area contributed by atoms with Gasteiger partial charge in [-0.1, -0.05) is 6.92 Å². The molecule has 0 aliphatic heterocycles. The molecule has 1 aromatic rings. The lowest BCUT2D eigenvalue weighted by Gasteiger charge is -2.23. The molecule has 1 N–H and O–H groups in total. The van der Waals surface area contributed by atoms with E-state index in [0.717, 1.165) is 37.3 Å². The summed E-state index contributed by atoms with van der Waals surface area (Å²) in [6, 6.07) is 5.25. The van der Waals surface area contributed by atoms with Gasteiger partial charge in [-0.2, -0.15) is 0 Å². The second-order valence-corrected chi connectivity index (χ2v) is 4.77. The molecule has 1 rings (SSSR count). The molecule has 0 spiro atoms. The molecule has 114 valence electrons. The summed E-state index contributed by atoms with van der Waals surface area (Å²) in [7, 11) is 0. The Morgan fingerprint density at radius 3 is 2.65 bits per heavy atom. The Balaban J connectivity index is 2.70. The number of halogens is 1. The Hall–Kier alpha value is -1.13. The maximum atomic E-state index is 13.7. The molecule has 1 aromatic carbocycles. The summed E-state index contributed by atoms with van der Waals surface area (Å²) in [6.07, 6.45) is 1.08. The first-order valence-electron chi connectivity index (χ1n) is 7.54. The van der Waals surface area contributed by atoms with Crippen LogP contribution in [0.15, 0.2) is 18.2 Å². The number of nitrogens with zero attached hydrogens (tertiary/aromatic N) is 1. The zero-order chi connectivity index (χ0) is 14.8. The normalized spacial score (nSPS) is 10.8. The van der Waals surface area contributed by atoms with Gasteiger partial charge in [0.2, 0.25) is 0 Å². The molecule has 0 atom stereocenters. The Kier molecular flexibility index (Phi) is 8.23. The highest BCUT2D eigenvalue weighted by atomic mass is 19.1. The van der Waals surface area contributed by atoms with Gasteiger partial charge in [0, 0.05) is 31.9 Å². The molecule has 0 bridgehead atoms. The molecule has 0 unspecified atom stereocenters. The molecule has 0 heterocycles. The molecule has 0 amide bonds. The molecule has 20 heavy (non-hydrogen) atoms. The van der Waals surface area contributed by atoms with Crippen LogP contribution in [0.1, 0.15) is 32.8 Å². The number of benzene rings is 1. The number of ether oxygens (including phenoxy) is 1. The van der Waals surface area contributed by atoms with Crippen LogP contribution in [0.25, 0.3) is 0 Å². The van der Waals surface area contributed by atoms with Crippen molar-refractivity contribution in [1.82, 2.24) is 5.32 Å². The predicted octanol–water partition coefficient (Wildman–Crippen LogP) is 3.19. The van der Waals surface area contributed by atoms with Crippen LogP contribution in [-0.2, 0) is 11.3 Å². The first-order valence-corrected chi connectivity index (χ1v) is 7.54. The summed E-state index contributed by atoms with van der Waals surface area (Å²) in [5, 5.41) is 3.31. The van der Waals surface area contributed by atoms with E-state index in [4.69, 9.17) is 4.74 Å². The van der Waals surface area contributed by atoms with Gasteiger partial charge in [0.05, 0.1) is 6.61 Å². The average Bonchev–Trinajstić information content (AvgIpc) is 2.43. The summed E-state index contributed by atoms with van der Waals surface area (Å²) in [5.74, 6) is -0.175. The quantitative estimate of drug-likeness (QED) is 0.667. The van der Waals surface area contributed by atoms with Crippen LogP contribution in [0.2, 0.25) is 0 Å². The first-order chi connectivity index (χ1) is 9.71. The Labute approximate surface area is 122 Å². The number of hydrogen-bond donors (Lipinski definition) is 1. The van der Waals surface area contributed by atoms with Gasteiger partial charge < -0.3 is 15.0 Å². The van der Waals surface area contributed by atoms with Crippen LogP contribution in [0.4, 0.5) is 10.1 Å². The molecule has 0 aromatic heterocycles. The lowest BCUT2D eigenvalue weighted by Crippen LogP contribution is -2.27. The van der Waals surface area contributed by atoms with Gasteiger partial charge in [-0.05, 0) is 50.6 Å². The monoisotopic (exact) mass is 282 g/mol. The lowest BCUT2D eigenvalue weighted by molar-refractivity contribution is 0.154. The van der Waals surface area contributed by atoms with E-state index < -0.39 is 0 Å². The second-order valence-electron chi connectivity index (χ2n) is 4.77. The minimum absolute atomic E-state index is 0.175. The van der Waals surface area contributed by atoms with E-state index in [1.54, 1.807) is 12.1 Å². The van der Waals surface area contributed by atoms with Gasteiger partial charge in [0.25, 0.3) is 0 Å². The number of hydrogen-bond acceptors (Lipinski definition) is 3. The van der Waals surface area contributed by atoms with Crippen molar-refractivity contribution in [3.8, 4) is 0 Å². The maximum absolute atomic E-state index is 13.7. The molecule has 0 radical (unpaired) electrons. The summed E-state index contributed by atoms with van der Waals surface area (Å²) in [6.45, 7) is 10.9. The van der Waals surface area contributed by atoms with Crippen molar-refractivity contribution >= 4 is 5.69 Å². The number of anilines is 1. The van der Waals surface area contributed by atoms with E-state index >= 15 is 0 Å². The Morgan fingerprint density at radius 1 is 1.20 bits per heavy atom. The van der Waals surface area contributed by atoms with Crippen LogP contribution in [0.3, 0.4) is 0 Å². The van der Waals surface area contributed by atoms with Gasteiger partial charge in [-0.3, -0.25) is 0 Å². The average molecular weight is 282 g/mol. The molecule has 4 heteroatoms. The summed E-state index contributed by atoms with van der Waals surface area (Å²) < 4.78 is 19.1. The van der Waals surface area contributed by atoms with Gasteiger partial charge >= 0.3 is 0 Å². The standard InChI is InChI=1S/C16H27FN2O/c1-4-7-18-13-14-10-15(17)12-16(11-14)19(5-2)8-9-20-6-3/h10-12,18H,4-9,13H2,1-3H3. The lowest BCUT2D eigenvalue weighted by atomic mass is 10.1. The summed E-state index contributed by atoms with van der Waals surface area (Å²) >= 11 is 0. The third-order valence-corrected chi connectivity index (χ3v) is 3.15. The van der Waals surface area contributed by atoms with Crippen LogP contribution in [0.5, 0.6) is 0 Å². The minimum Gasteiger partial charge on any atom is -0.380 e. The van der Waals surface area contributed by atoms with E-state index in [1.165, 1.54) is 0 Å². The van der Waals surface area contributed by atoms with E-state index in [-0.39, 0.29) is 5.82 Å². The van der Waals surface area contributed by atoms with Crippen LogP contribution in [0, 0.1) is 5.82 Å². The van der Waals surface area contributed by atoms with Crippen LogP contribution >= 0.6 is 0 Å². The second kappa shape index (κ2) is 9.72. The largest absolute Gasteiger partial charge is 0.380 e. The van der Waals surface area contributed by atoms with Crippen molar-refractivity contribution in [2.75, 3.05) is 37.7 Å². The highest BCUT2D eigenvalue weighted by molar-refractivity contribution is 5.49. The maximum Gasteiger partial charge on any atom is 0.125 e. The Morgan fingerprint density at radius 2 is 2.00 bits per heavy atom. The molecule has 3 nitrogen and oxygen atoms in total. The van der Waals surface area contributed by atoms with E-state index in [9.17, 15) is 4.39 Å². The van der Waals surface area contributed by atoms with Gasteiger partial charge in [0.15, 0.2) is 0 Å². The molecule has 0 saturated heterocycles. The molecular weight excluding hydrogens is 255 g/mol. The number of likely N-dealkylation sites (N-methyl/N-ethyl adjacent to an activating group) is 1. The SMILES string of the molecule is CCCNCc1cc(F)cc(N(CC)CCOCC)c1. The number of nitrogens with one attached hydrogen (secondary N) is 1. The predicted molar refractivity (Wildman–Crippen MR) is 82.8 cm³/mol. The van der Waals surface area contributed by atoms with E-state index in [0.29, 0.717) is 19.8 Å². The minimum atomic E-state index is -0.175. The van der Waals surface area contributed by atoms with Gasteiger partial charge in [0.1, 0.15) is 5.82 Å². The van der Waals surface area contributed by atoms with Crippen molar-refractivity contribution < 1.29 is 9.13 Å². The molecule has 0 fully saturated rings. The van der Waals surface area contributed by atoms with Crippen molar-refractivity contribution in [3.05, 3.63) is 29.6 Å². The molecule has 0 aliphatic carbocycles. The van der Waals surface area contributed by atoms with Gasteiger partial charge in [-0.25, -0.2) is 4.39 Å². The first kappa shape index (κ1) is 16.9. The van der Waals surface area contributed by atoms with Crippen molar-refractivity contribution in [1.29, 1.82) is 0 Å². The zero-order valence-corrected chi connectivity index (χ0v) is 12.9. The Bertz CT molecular complexity index is 385. The van der Waals surface area contributed by atoms with Crippen LogP contribution < -0.4 is 10.2 Å². The molecule has 0 aliphatic rings. The third kappa shape index (κ3) is 5.88. The highest BCUT2D eigenvalue weighted by Crippen LogP contribution is 2.18.